The zero-order chi connectivity index (χ0) is 9.26. The second-order valence-corrected chi connectivity index (χ2v) is 3.26. The van der Waals surface area contributed by atoms with Crippen LogP contribution in [0.5, 0.6) is 0 Å². The molecule has 1 heterocycles. The standard InChI is InChI=1S/C10H13N3/c1-8-5-3-4-6-9(8)10-11-7-13(2)12-10/h3-7,10,12H,1-2H3. The maximum absolute atomic E-state index is 4.34. The van der Waals surface area contributed by atoms with Crippen molar-refractivity contribution in [2.24, 2.45) is 4.99 Å². The van der Waals surface area contributed by atoms with Crippen LogP contribution in [0.4, 0.5) is 0 Å². The zero-order valence-electron chi connectivity index (χ0n) is 7.86. The summed E-state index contributed by atoms with van der Waals surface area (Å²) in [5.74, 6) is 0. The number of hydrogen-bond acceptors (Lipinski definition) is 3. The molecule has 1 atom stereocenters. The van der Waals surface area contributed by atoms with Crippen molar-refractivity contribution in [3.63, 3.8) is 0 Å². The van der Waals surface area contributed by atoms with Gasteiger partial charge in [-0.1, -0.05) is 24.3 Å². The van der Waals surface area contributed by atoms with Crippen molar-refractivity contribution in [3.05, 3.63) is 35.4 Å². The fourth-order valence-electron chi connectivity index (χ4n) is 1.47. The molecule has 68 valence electrons. The van der Waals surface area contributed by atoms with Crippen LogP contribution in [0.2, 0.25) is 0 Å². The minimum absolute atomic E-state index is 0.0891. The molecule has 1 aliphatic rings. The highest BCUT2D eigenvalue weighted by atomic mass is 15.6. The molecule has 0 saturated carbocycles. The van der Waals surface area contributed by atoms with E-state index < -0.39 is 0 Å². The second-order valence-electron chi connectivity index (χ2n) is 3.26. The Hall–Kier alpha value is -1.35. The van der Waals surface area contributed by atoms with Gasteiger partial charge in [-0.3, -0.25) is 5.01 Å². The predicted octanol–water partition coefficient (Wildman–Crippen LogP) is 1.47. The lowest BCUT2D eigenvalue weighted by atomic mass is 10.1. The van der Waals surface area contributed by atoms with Crippen LogP contribution in [0.3, 0.4) is 0 Å². The summed E-state index contributed by atoms with van der Waals surface area (Å²) < 4.78 is 0. The van der Waals surface area contributed by atoms with Gasteiger partial charge in [0.25, 0.3) is 0 Å². The number of nitrogens with zero attached hydrogens (tertiary/aromatic N) is 2. The third-order valence-electron chi connectivity index (χ3n) is 2.20. The molecule has 2 rings (SSSR count). The average Bonchev–Trinajstić information content (AvgIpc) is 2.53. The van der Waals surface area contributed by atoms with Gasteiger partial charge in [0, 0.05) is 7.05 Å². The van der Waals surface area contributed by atoms with Crippen molar-refractivity contribution in [1.29, 1.82) is 0 Å². The largest absolute Gasteiger partial charge is 0.299 e. The molecule has 0 amide bonds. The molecule has 0 aromatic heterocycles. The van der Waals surface area contributed by atoms with Gasteiger partial charge in [0.2, 0.25) is 0 Å². The molecule has 0 fully saturated rings. The molecule has 1 unspecified atom stereocenters. The quantitative estimate of drug-likeness (QED) is 0.700. The van der Waals surface area contributed by atoms with Gasteiger partial charge in [0.15, 0.2) is 0 Å². The Kier molecular flexibility index (Phi) is 2.02. The molecule has 1 aliphatic heterocycles. The minimum Gasteiger partial charge on any atom is -0.299 e. The first-order chi connectivity index (χ1) is 6.27. The molecule has 0 saturated heterocycles. The summed E-state index contributed by atoms with van der Waals surface area (Å²) in [4.78, 5) is 4.34. The number of aryl methyl sites for hydroxylation is 1. The van der Waals surface area contributed by atoms with Gasteiger partial charge >= 0.3 is 0 Å². The van der Waals surface area contributed by atoms with E-state index in [0.29, 0.717) is 0 Å². The molecule has 0 bridgehead atoms. The molecule has 1 aromatic carbocycles. The monoisotopic (exact) mass is 175 g/mol. The van der Waals surface area contributed by atoms with E-state index in [0.717, 1.165) is 0 Å². The first-order valence-corrected chi connectivity index (χ1v) is 4.35. The Balaban J connectivity index is 2.27. The lowest BCUT2D eigenvalue weighted by molar-refractivity contribution is 0.359. The van der Waals surface area contributed by atoms with Gasteiger partial charge in [0.05, 0.1) is 0 Å². The topological polar surface area (TPSA) is 27.6 Å². The molecule has 1 aromatic rings. The summed E-state index contributed by atoms with van der Waals surface area (Å²) in [5.41, 5.74) is 5.73. The third-order valence-corrected chi connectivity index (χ3v) is 2.20. The maximum atomic E-state index is 4.34. The molecule has 3 nitrogen and oxygen atoms in total. The van der Waals surface area contributed by atoms with Crippen molar-refractivity contribution in [2.45, 2.75) is 13.1 Å². The van der Waals surface area contributed by atoms with E-state index in [4.69, 9.17) is 0 Å². The number of benzene rings is 1. The summed E-state index contributed by atoms with van der Waals surface area (Å²) in [6.45, 7) is 2.10. The van der Waals surface area contributed by atoms with Crippen molar-refractivity contribution in [3.8, 4) is 0 Å². The molecule has 13 heavy (non-hydrogen) atoms. The number of hydrogen-bond donors (Lipinski definition) is 1. The minimum atomic E-state index is 0.0891. The summed E-state index contributed by atoms with van der Waals surface area (Å²) in [5, 5.41) is 1.87. The van der Waals surface area contributed by atoms with Crippen LogP contribution in [0, 0.1) is 6.92 Å². The molecule has 3 heteroatoms. The lowest BCUT2D eigenvalue weighted by Crippen LogP contribution is -2.29. The predicted molar refractivity (Wildman–Crippen MR) is 53.3 cm³/mol. The van der Waals surface area contributed by atoms with Crippen LogP contribution in [0.1, 0.15) is 17.3 Å². The van der Waals surface area contributed by atoms with Gasteiger partial charge in [-0.05, 0) is 18.1 Å². The number of aliphatic imine (C=N–C) groups is 1. The summed E-state index contributed by atoms with van der Waals surface area (Å²) in [6.07, 6.45) is 1.89. The van der Waals surface area contributed by atoms with E-state index in [1.165, 1.54) is 11.1 Å². The Morgan fingerprint density at radius 3 is 2.77 bits per heavy atom. The second kappa shape index (κ2) is 3.18. The Morgan fingerprint density at radius 2 is 2.15 bits per heavy atom. The fourth-order valence-corrected chi connectivity index (χ4v) is 1.47. The average molecular weight is 175 g/mol. The Morgan fingerprint density at radius 1 is 1.38 bits per heavy atom. The highest BCUT2D eigenvalue weighted by Gasteiger charge is 2.16. The molecule has 1 N–H and O–H groups in total. The fraction of sp³-hybridized carbons (Fsp3) is 0.300. The summed E-state index contributed by atoms with van der Waals surface area (Å²) in [6, 6.07) is 8.29. The van der Waals surface area contributed by atoms with Crippen LogP contribution in [-0.2, 0) is 0 Å². The van der Waals surface area contributed by atoms with Crippen LogP contribution in [0.15, 0.2) is 29.3 Å². The van der Waals surface area contributed by atoms with Crippen molar-refractivity contribution >= 4 is 6.34 Å². The highest BCUT2D eigenvalue weighted by Crippen LogP contribution is 2.20. The number of hydrazine groups is 1. The van der Waals surface area contributed by atoms with Crippen LogP contribution < -0.4 is 5.43 Å². The van der Waals surface area contributed by atoms with Gasteiger partial charge in [0.1, 0.15) is 12.5 Å². The highest BCUT2D eigenvalue weighted by molar-refractivity contribution is 5.56. The lowest BCUT2D eigenvalue weighted by Gasteiger charge is -2.14. The van der Waals surface area contributed by atoms with Gasteiger partial charge in [-0.15, -0.1) is 0 Å². The van der Waals surface area contributed by atoms with E-state index in [1.807, 2.05) is 24.2 Å². The first-order valence-electron chi connectivity index (χ1n) is 4.35. The maximum Gasteiger partial charge on any atom is 0.144 e. The summed E-state index contributed by atoms with van der Waals surface area (Å²) >= 11 is 0. The zero-order valence-corrected chi connectivity index (χ0v) is 7.86. The van der Waals surface area contributed by atoms with E-state index in [2.05, 4.69) is 29.5 Å². The molecule has 0 spiro atoms. The van der Waals surface area contributed by atoms with E-state index in [9.17, 15) is 0 Å². The van der Waals surface area contributed by atoms with Gasteiger partial charge in [-0.25, -0.2) is 10.4 Å². The number of nitrogens with one attached hydrogen (secondary N) is 1. The van der Waals surface area contributed by atoms with Crippen LogP contribution in [-0.4, -0.2) is 18.4 Å². The van der Waals surface area contributed by atoms with E-state index >= 15 is 0 Å². The molecular weight excluding hydrogens is 162 g/mol. The summed E-state index contributed by atoms with van der Waals surface area (Å²) in [7, 11) is 1.95. The van der Waals surface area contributed by atoms with Crippen LogP contribution >= 0.6 is 0 Å². The Labute approximate surface area is 78.1 Å². The smallest absolute Gasteiger partial charge is 0.144 e. The van der Waals surface area contributed by atoms with E-state index in [-0.39, 0.29) is 6.17 Å². The molecular formula is C10H13N3. The van der Waals surface area contributed by atoms with Crippen LogP contribution in [0.25, 0.3) is 0 Å². The van der Waals surface area contributed by atoms with Crippen molar-refractivity contribution < 1.29 is 0 Å². The molecule has 0 aliphatic carbocycles. The number of rotatable bonds is 1. The SMILES string of the molecule is Cc1ccccc1C1N=CN(C)N1. The van der Waals surface area contributed by atoms with Crippen molar-refractivity contribution in [1.82, 2.24) is 10.4 Å². The third kappa shape index (κ3) is 1.55. The normalized spacial score (nSPS) is 21.1. The Bertz CT molecular complexity index is 333. The van der Waals surface area contributed by atoms with Gasteiger partial charge < -0.3 is 0 Å². The molecule has 0 radical (unpaired) electrons. The van der Waals surface area contributed by atoms with Gasteiger partial charge in [-0.2, -0.15) is 0 Å². The van der Waals surface area contributed by atoms with Crippen molar-refractivity contribution in [2.75, 3.05) is 7.05 Å². The van der Waals surface area contributed by atoms with E-state index in [1.54, 1.807) is 6.34 Å². The first kappa shape index (κ1) is 8.26.